The molecule has 4 rings (SSSR count). The molecular formula is C16H16ClFN6O4. The van der Waals surface area contributed by atoms with E-state index in [-0.39, 0.29) is 16.9 Å². The maximum Gasteiger partial charge on any atom is 0.246 e. The average Bonchev–Trinajstić information content (AvgIpc) is 3.19. The number of nitrogen functional groups attached to an aromatic ring is 1. The Morgan fingerprint density at radius 1 is 1.21 bits per heavy atom. The van der Waals surface area contributed by atoms with Crippen molar-refractivity contribution in [3.63, 3.8) is 0 Å². The molecule has 1 aliphatic heterocycles. The highest BCUT2D eigenvalue weighted by Crippen LogP contribution is 2.37. The number of hydrazine groups is 1. The molecule has 0 bridgehead atoms. The lowest BCUT2D eigenvalue weighted by Crippen LogP contribution is -2.35. The fraction of sp³-hybridized carbons (Fsp3) is 0.312. The summed E-state index contributed by atoms with van der Waals surface area (Å²) in [6.07, 6.45) is -5.60. The van der Waals surface area contributed by atoms with Crippen LogP contribution in [0.4, 0.5) is 10.2 Å². The van der Waals surface area contributed by atoms with Crippen molar-refractivity contribution >= 4 is 28.5 Å². The molecule has 1 saturated heterocycles. The van der Waals surface area contributed by atoms with E-state index >= 15 is 0 Å². The van der Waals surface area contributed by atoms with Gasteiger partial charge in [-0.15, -0.1) is 5.10 Å². The third-order valence-electron chi connectivity index (χ3n) is 4.62. The highest BCUT2D eigenvalue weighted by Gasteiger charge is 2.48. The summed E-state index contributed by atoms with van der Waals surface area (Å²) >= 11 is 5.84. The van der Waals surface area contributed by atoms with E-state index in [1.54, 1.807) is 24.3 Å². The summed E-state index contributed by atoms with van der Waals surface area (Å²) in [6, 6.07) is 6.28. The van der Waals surface area contributed by atoms with Crippen LogP contribution in [0.5, 0.6) is 0 Å². The number of aliphatic hydroxyl groups excluding tert-OH is 3. The van der Waals surface area contributed by atoms with Crippen LogP contribution in [-0.4, -0.2) is 53.4 Å². The van der Waals surface area contributed by atoms with Crippen LogP contribution in [0.3, 0.4) is 0 Å². The summed E-state index contributed by atoms with van der Waals surface area (Å²) in [4.78, 5) is 7.76. The van der Waals surface area contributed by atoms with Gasteiger partial charge < -0.3 is 25.5 Å². The first-order valence-corrected chi connectivity index (χ1v) is 8.60. The summed E-state index contributed by atoms with van der Waals surface area (Å²) in [7, 11) is 0. The number of rotatable bonds is 4. The van der Waals surface area contributed by atoms with Crippen LogP contribution in [0.25, 0.3) is 11.0 Å². The van der Waals surface area contributed by atoms with Crippen molar-refractivity contribution in [1.29, 1.82) is 0 Å². The Hall–Kier alpha value is -2.41. The molecule has 0 amide bonds. The zero-order chi connectivity index (χ0) is 20.0. The Labute approximate surface area is 162 Å². The standard InChI is InChI=1S/C16H16ClFN6O4/c17-7-3-1-6(2-4-7)9(25)12-10(26)11(27)16(28-12)24-15-8(13(18)23-24)14(22-19)20-5-21-15/h1-5,9-12,16,25-27H,19H2,(H,20,21,22)/t9-,10+,11-,12-,16-/m1/s1. The Morgan fingerprint density at radius 3 is 2.61 bits per heavy atom. The number of aromatic nitrogens is 4. The largest absolute Gasteiger partial charge is 0.387 e. The van der Waals surface area contributed by atoms with E-state index in [0.717, 1.165) is 11.0 Å². The van der Waals surface area contributed by atoms with Gasteiger partial charge in [-0.2, -0.15) is 4.39 Å². The fourth-order valence-corrected chi connectivity index (χ4v) is 3.34. The predicted molar refractivity (Wildman–Crippen MR) is 95.4 cm³/mol. The van der Waals surface area contributed by atoms with Gasteiger partial charge >= 0.3 is 0 Å². The number of aliphatic hydroxyl groups is 3. The first kappa shape index (κ1) is 18.9. The third kappa shape index (κ3) is 2.98. The zero-order valence-electron chi connectivity index (χ0n) is 14.1. The predicted octanol–water partition coefficient (Wildman–Crippen LogP) is 0.257. The number of fused-ring (bicyclic) bond motifs is 1. The maximum absolute atomic E-state index is 14.3. The number of nitrogens with one attached hydrogen (secondary N) is 1. The summed E-state index contributed by atoms with van der Waals surface area (Å²) in [5, 5.41) is 35.5. The number of hydrogen-bond acceptors (Lipinski definition) is 9. The third-order valence-corrected chi connectivity index (χ3v) is 4.87. The first-order chi connectivity index (χ1) is 13.4. The SMILES string of the molecule is NNc1ncnc2c1c(F)nn2[C@@H]1O[C@H]([C@H](O)c2ccc(Cl)cc2)[C@@H](O)[C@H]1O. The van der Waals surface area contributed by atoms with Gasteiger partial charge in [-0.1, -0.05) is 23.7 Å². The van der Waals surface area contributed by atoms with Crippen molar-refractivity contribution in [1.82, 2.24) is 19.7 Å². The van der Waals surface area contributed by atoms with Gasteiger partial charge in [0.05, 0.1) is 0 Å². The molecule has 0 aliphatic carbocycles. The van der Waals surface area contributed by atoms with Gasteiger partial charge in [0.15, 0.2) is 17.7 Å². The minimum atomic E-state index is -1.50. The molecule has 1 fully saturated rings. The molecule has 0 radical (unpaired) electrons. The highest BCUT2D eigenvalue weighted by molar-refractivity contribution is 6.30. The monoisotopic (exact) mass is 410 g/mol. The van der Waals surface area contributed by atoms with E-state index < -0.39 is 36.6 Å². The molecule has 0 unspecified atom stereocenters. The second kappa shape index (κ2) is 7.20. The minimum Gasteiger partial charge on any atom is -0.387 e. The molecule has 148 valence electrons. The van der Waals surface area contributed by atoms with Gasteiger partial charge in [0.25, 0.3) is 0 Å². The van der Waals surface area contributed by atoms with Crippen LogP contribution < -0.4 is 11.3 Å². The van der Waals surface area contributed by atoms with Gasteiger partial charge in [0.2, 0.25) is 5.95 Å². The van der Waals surface area contributed by atoms with Crippen molar-refractivity contribution in [3.05, 3.63) is 47.1 Å². The number of hydrogen-bond donors (Lipinski definition) is 5. The number of halogens is 2. The number of ether oxygens (including phenoxy) is 1. The maximum atomic E-state index is 14.3. The van der Waals surface area contributed by atoms with Crippen molar-refractivity contribution in [3.8, 4) is 0 Å². The molecule has 5 atom stereocenters. The van der Waals surface area contributed by atoms with E-state index in [2.05, 4.69) is 20.5 Å². The number of benzene rings is 1. The first-order valence-electron chi connectivity index (χ1n) is 8.23. The van der Waals surface area contributed by atoms with Gasteiger partial charge in [0, 0.05) is 5.02 Å². The van der Waals surface area contributed by atoms with E-state index in [0.29, 0.717) is 10.6 Å². The second-order valence-corrected chi connectivity index (χ2v) is 6.71. The lowest BCUT2D eigenvalue weighted by molar-refractivity contribution is -0.0887. The molecule has 2 aromatic heterocycles. The molecule has 0 saturated carbocycles. The van der Waals surface area contributed by atoms with Gasteiger partial charge in [-0.05, 0) is 17.7 Å². The van der Waals surface area contributed by atoms with E-state index in [4.69, 9.17) is 22.2 Å². The molecule has 1 aromatic carbocycles. The van der Waals surface area contributed by atoms with Crippen molar-refractivity contribution in [2.24, 2.45) is 5.84 Å². The van der Waals surface area contributed by atoms with Crippen LogP contribution in [0.2, 0.25) is 5.02 Å². The summed E-state index contributed by atoms with van der Waals surface area (Å²) in [6.45, 7) is 0. The molecular weight excluding hydrogens is 395 g/mol. The molecule has 6 N–H and O–H groups in total. The Kier molecular flexibility index (Phi) is 4.87. The van der Waals surface area contributed by atoms with Gasteiger partial charge in [-0.25, -0.2) is 20.5 Å². The Balaban J connectivity index is 1.69. The van der Waals surface area contributed by atoms with Gasteiger partial charge in [0.1, 0.15) is 36.1 Å². The van der Waals surface area contributed by atoms with E-state index in [9.17, 15) is 19.7 Å². The molecule has 3 heterocycles. The quantitative estimate of drug-likeness (QED) is 0.301. The lowest BCUT2D eigenvalue weighted by Gasteiger charge is -2.21. The molecule has 1 aliphatic rings. The van der Waals surface area contributed by atoms with Crippen LogP contribution in [0.15, 0.2) is 30.6 Å². The smallest absolute Gasteiger partial charge is 0.246 e. The summed E-state index contributed by atoms with van der Waals surface area (Å²) < 4.78 is 21.0. The molecule has 10 nitrogen and oxygen atoms in total. The Bertz CT molecular complexity index is 1000. The summed E-state index contributed by atoms with van der Waals surface area (Å²) in [5.74, 6) is 4.39. The minimum absolute atomic E-state index is 0.000431. The van der Waals surface area contributed by atoms with Gasteiger partial charge in [-0.3, -0.25) is 0 Å². The molecule has 0 spiro atoms. The topological polar surface area (TPSA) is 152 Å². The lowest BCUT2D eigenvalue weighted by atomic mass is 9.99. The van der Waals surface area contributed by atoms with Crippen molar-refractivity contribution in [2.75, 3.05) is 5.43 Å². The van der Waals surface area contributed by atoms with E-state index in [1.165, 1.54) is 0 Å². The zero-order valence-corrected chi connectivity index (χ0v) is 14.9. The van der Waals surface area contributed by atoms with Crippen LogP contribution in [0, 0.1) is 5.95 Å². The van der Waals surface area contributed by atoms with Crippen LogP contribution in [0.1, 0.15) is 17.9 Å². The molecule has 28 heavy (non-hydrogen) atoms. The van der Waals surface area contributed by atoms with Crippen LogP contribution >= 0.6 is 11.6 Å². The van der Waals surface area contributed by atoms with E-state index in [1.807, 2.05) is 0 Å². The highest BCUT2D eigenvalue weighted by atomic mass is 35.5. The second-order valence-electron chi connectivity index (χ2n) is 6.27. The van der Waals surface area contributed by atoms with Crippen molar-refractivity contribution < 1.29 is 24.4 Å². The van der Waals surface area contributed by atoms with Crippen LogP contribution in [-0.2, 0) is 4.74 Å². The summed E-state index contributed by atoms with van der Waals surface area (Å²) in [5.41, 5.74) is 2.66. The van der Waals surface area contributed by atoms with Crippen molar-refractivity contribution in [2.45, 2.75) is 30.6 Å². The molecule has 3 aromatic rings. The number of anilines is 1. The average molecular weight is 411 g/mol. The molecule has 12 heteroatoms. The normalized spacial score (nSPS) is 25.9. The fourth-order valence-electron chi connectivity index (χ4n) is 3.22. The number of nitrogens with two attached hydrogens (primary N) is 1. The Morgan fingerprint density at radius 2 is 1.93 bits per heavy atom. The number of nitrogens with zero attached hydrogens (tertiary/aromatic N) is 4.